The number of para-hydroxylation sites is 1. The van der Waals surface area contributed by atoms with Crippen molar-refractivity contribution in [2.75, 3.05) is 5.73 Å². The highest BCUT2D eigenvalue weighted by molar-refractivity contribution is 5.90. The lowest BCUT2D eigenvalue weighted by Gasteiger charge is -2.07. The van der Waals surface area contributed by atoms with Crippen molar-refractivity contribution < 1.29 is 13.2 Å². The van der Waals surface area contributed by atoms with Crippen LogP contribution in [-0.2, 0) is 6.54 Å². The molecule has 0 aliphatic heterocycles. The third-order valence-corrected chi connectivity index (χ3v) is 3.40. The molecule has 108 valence electrons. The summed E-state index contributed by atoms with van der Waals surface area (Å²) in [6.07, 6.45) is 0. The van der Waals surface area contributed by atoms with E-state index in [-0.39, 0.29) is 11.4 Å². The molecule has 0 fully saturated rings. The Morgan fingerprint density at radius 3 is 2.57 bits per heavy atom. The molecule has 1 aromatic heterocycles. The summed E-state index contributed by atoms with van der Waals surface area (Å²) >= 11 is 0. The monoisotopic (exact) mass is 291 g/mol. The van der Waals surface area contributed by atoms with Crippen molar-refractivity contribution in [1.29, 1.82) is 0 Å². The van der Waals surface area contributed by atoms with E-state index in [1.165, 1.54) is 6.07 Å². The van der Waals surface area contributed by atoms with Gasteiger partial charge in [-0.15, -0.1) is 0 Å². The largest absolute Gasteiger partial charge is 0.397 e. The van der Waals surface area contributed by atoms with Crippen molar-refractivity contribution in [3.05, 3.63) is 47.8 Å². The second kappa shape index (κ2) is 4.80. The molecular formula is C15H12F3N3. The number of halogens is 3. The Hall–Kier alpha value is -2.50. The van der Waals surface area contributed by atoms with Gasteiger partial charge < -0.3 is 10.3 Å². The van der Waals surface area contributed by atoms with Crippen molar-refractivity contribution in [2.24, 2.45) is 0 Å². The molecule has 0 unspecified atom stereocenters. The van der Waals surface area contributed by atoms with E-state index in [0.717, 1.165) is 11.6 Å². The van der Waals surface area contributed by atoms with E-state index in [1.54, 1.807) is 22.8 Å². The summed E-state index contributed by atoms with van der Waals surface area (Å²) in [5, 5.41) is 0. The Morgan fingerprint density at radius 2 is 1.86 bits per heavy atom. The number of anilines is 1. The van der Waals surface area contributed by atoms with Gasteiger partial charge in [0.05, 0.1) is 16.8 Å². The van der Waals surface area contributed by atoms with Crippen LogP contribution in [0.4, 0.5) is 18.9 Å². The van der Waals surface area contributed by atoms with E-state index < -0.39 is 17.5 Å². The van der Waals surface area contributed by atoms with E-state index >= 15 is 0 Å². The molecule has 0 spiro atoms. The lowest BCUT2D eigenvalue weighted by Crippen LogP contribution is -2.01. The second-order valence-electron chi connectivity index (χ2n) is 4.62. The predicted molar refractivity (Wildman–Crippen MR) is 75.1 cm³/mol. The molecule has 21 heavy (non-hydrogen) atoms. The summed E-state index contributed by atoms with van der Waals surface area (Å²) in [6, 6.07) is 7.30. The summed E-state index contributed by atoms with van der Waals surface area (Å²) in [5.74, 6) is -3.76. The summed E-state index contributed by atoms with van der Waals surface area (Å²) in [7, 11) is 0. The number of aromatic nitrogens is 2. The Bertz CT molecular complexity index is 840. The molecule has 0 atom stereocenters. The molecule has 0 radical (unpaired) electrons. The molecule has 3 rings (SSSR count). The van der Waals surface area contributed by atoms with E-state index in [1.807, 2.05) is 6.92 Å². The summed E-state index contributed by atoms with van der Waals surface area (Å²) < 4.78 is 42.2. The molecule has 0 saturated heterocycles. The van der Waals surface area contributed by atoms with Gasteiger partial charge in [0.2, 0.25) is 0 Å². The van der Waals surface area contributed by atoms with Gasteiger partial charge in [-0.2, -0.15) is 0 Å². The van der Waals surface area contributed by atoms with Gasteiger partial charge in [0.1, 0.15) is 11.3 Å². The molecule has 0 saturated carbocycles. The molecule has 3 nitrogen and oxygen atoms in total. The highest BCUT2D eigenvalue weighted by Crippen LogP contribution is 2.30. The fraction of sp³-hybridized carbons (Fsp3) is 0.133. The van der Waals surface area contributed by atoms with E-state index in [9.17, 15) is 13.2 Å². The predicted octanol–water partition coefficient (Wildman–Crippen LogP) is 3.72. The van der Waals surface area contributed by atoms with Crippen LogP contribution in [-0.4, -0.2) is 9.55 Å². The SMILES string of the molecule is CCn1c(-c2ccc(F)c(F)c2F)nc2c(N)cccc21. The molecular weight excluding hydrogens is 279 g/mol. The van der Waals surface area contributed by atoms with Gasteiger partial charge in [-0.25, -0.2) is 18.2 Å². The maximum Gasteiger partial charge on any atom is 0.195 e. The second-order valence-corrected chi connectivity index (χ2v) is 4.62. The quantitative estimate of drug-likeness (QED) is 0.577. The number of fused-ring (bicyclic) bond motifs is 1. The van der Waals surface area contributed by atoms with Crippen LogP contribution >= 0.6 is 0 Å². The topological polar surface area (TPSA) is 43.8 Å². The Kier molecular flexibility index (Phi) is 3.08. The van der Waals surface area contributed by atoms with Crippen molar-refractivity contribution in [1.82, 2.24) is 9.55 Å². The Labute approximate surface area is 118 Å². The molecule has 0 aliphatic rings. The molecule has 2 N–H and O–H groups in total. The molecule has 0 amide bonds. The summed E-state index contributed by atoms with van der Waals surface area (Å²) in [4.78, 5) is 4.29. The molecule has 6 heteroatoms. The number of hydrogen-bond acceptors (Lipinski definition) is 2. The standard InChI is InChI=1S/C15H12F3N3/c1-2-21-11-5-3-4-10(19)14(11)20-15(21)8-6-7-9(16)13(18)12(8)17/h3-7H,2,19H2,1H3. The van der Waals surface area contributed by atoms with Crippen molar-refractivity contribution >= 4 is 16.7 Å². The number of imidazole rings is 1. The van der Waals surface area contributed by atoms with Gasteiger partial charge >= 0.3 is 0 Å². The maximum absolute atomic E-state index is 14.0. The highest BCUT2D eigenvalue weighted by atomic mass is 19.2. The lowest BCUT2D eigenvalue weighted by molar-refractivity contribution is 0.448. The zero-order chi connectivity index (χ0) is 15.1. The minimum absolute atomic E-state index is 0.0913. The van der Waals surface area contributed by atoms with Crippen LogP contribution in [0.3, 0.4) is 0 Å². The number of benzene rings is 2. The average molecular weight is 291 g/mol. The number of hydrogen-bond donors (Lipinski definition) is 1. The number of rotatable bonds is 2. The van der Waals surface area contributed by atoms with Gasteiger partial charge in [-0.3, -0.25) is 0 Å². The zero-order valence-electron chi connectivity index (χ0n) is 11.2. The molecule has 1 heterocycles. The first kappa shape index (κ1) is 13.5. The number of nitrogens with zero attached hydrogens (tertiary/aromatic N) is 2. The fourth-order valence-electron chi connectivity index (χ4n) is 2.39. The first-order valence-corrected chi connectivity index (χ1v) is 6.43. The molecule has 3 aromatic rings. The number of nitrogens with two attached hydrogens (primary N) is 1. The lowest BCUT2D eigenvalue weighted by atomic mass is 10.2. The average Bonchev–Trinajstić information content (AvgIpc) is 2.85. The minimum atomic E-state index is -1.50. The van der Waals surface area contributed by atoms with Crippen LogP contribution < -0.4 is 5.73 Å². The van der Waals surface area contributed by atoms with Gasteiger partial charge in [-0.05, 0) is 31.2 Å². The van der Waals surface area contributed by atoms with Gasteiger partial charge in [0, 0.05) is 6.54 Å². The minimum Gasteiger partial charge on any atom is -0.397 e. The van der Waals surface area contributed by atoms with Crippen LogP contribution in [0.15, 0.2) is 30.3 Å². The van der Waals surface area contributed by atoms with E-state index in [0.29, 0.717) is 17.7 Å². The summed E-state index contributed by atoms with van der Waals surface area (Å²) in [5.41, 5.74) is 7.45. The normalized spacial score (nSPS) is 11.2. The third kappa shape index (κ3) is 1.94. The van der Waals surface area contributed by atoms with Crippen LogP contribution in [0.1, 0.15) is 6.92 Å². The Balaban J connectivity index is 2.35. The van der Waals surface area contributed by atoms with E-state index in [2.05, 4.69) is 4.98 Å². The van der Waals surface area contributed by atoms with Gasteiger partial charge in [-0.1, -0.05) is 6.07 Å². The first-order chi connectivity index (χ1) is 10.0. The maximum atomic E-state index is 14.0. The van der Waals surface area contributed by atoms with Crippen molar-refractivity contribution in [3.63, 3.8) is 0 Å². The van der Waals surface area contributed by atoms with E-state index in [4.69, 9.17) is 5.73 Å². The number of nitrogen functional groups attached to an aromatic ring is 1. The first-order valence-electron chi connectivity index (χ1n) is 6.43. The van der Waals surface area contributed by atoms with Crippen LogP contribution in [0.5, 0.6) is 0 Å². The van der Waals surface area contributed by atoms with Crippen LogP contribution in [0.25, 0.3) is 22.4 Å². The number of aryl methyl sites for hydroxylation is 1. The third-order valence-electron chi connectivity index (χ3n) is 3.40. The van der Waals surface area contributed by atoms with Crippen LogP contribution in [0, 0.1) is 17.5 Å². The Morgan fingerprint density at radius 1 is 1.10 bits per heavy atom. The van der Waals surface area contributed by atoms with Crippen molar-refractivity contribution in [3.8, 4) is 11.4 Å². The smallest absolute Gasteiger partial charge is 0.195 e. The van der Waals surface area contributed by atoms with Crippen LogP contribution in [0.2, 0.25) is 0 Å². The highest BCUT2D eigenvalue weighted by Gasteiger charge is 2.20. The molecule has 0 bridgehead atoms. The summed E-state index contributed by atoms with van der Waals surface area (Å²) in [6.45, 7) is 2.35. The van der Waals surface area contributed by atoms with Gasteiger partial charge in [0.25, 0.3) is 0 Å². The fourth-order valence-corrected chi connectivity index (χ4v) is 2.39. The molecule has 2 aromatic carbocycles. The zero-order valence-corrected chi connectivity index (χ0v) is 11.2. The van der Waals surface area contributed by atoms with Gasteiger partial charge in [0.15, 0.2) is 17.5 Å². The molecule has 0 aliphatic carbocycles. The van der Waals surface area contributed by atoms with Crippen molar-refractivity contribution in [2.45, 2.75) is 13.5 Å².